The maximum Gasteiger partial charge on any atom is 0.279 e. The van der Waals surface area contributed by atoms with Crippen LogP contribution in [0.5, 0.6) is 11.5 Å². The molecule has 0 aromatic heterocycles. The lowest BCUT2D eigenvalue weighted by molar-refractivity contribution is -0.133. The number of nitrogens with one attached hydrogen (secondary N) is 2. The van der Waals surface area contributed by atoms with E-state index in [4.69, 9.17) is 21.1 Å². The number of rotatable bonds is 6. The van der Waals surface area contributed by atoms with Crippen LogP contribution < -0.4 is 20.3 Å². The Hall–Kier alpha value is -2.77. The summed E-state index contributed by atoms with van der Waals surface area (Å²) in [6.45, 7) is 1.28. The first-order chi connectivity index (χ1) is 14.0. The third-order valence-corrected chi connectivity index (χ3v) is 5.15. The molecule has 1 atom stereocenters. The SMILES string of the molecule is CC(Oc1ccccc1Cl)C(=O)NNC(=O)COc1ccc2ccccc2c1Br. The molecule has 0 aliphatic rings. The molecule has 0 spiro atoms. The van der Waals surface area contributed by atoms with Crippen LogP contribution in [0.15, 0.2) is 65.1 Å². The maximum absolute atomic E-state index is 12.1. The van der Waals surface area contributed by atoms with Gasteiger partial charge < -0.3 is 9.47 Å². The second-order valence-electron chi connectivity index (χ2n) is 6.12. The Labute approximate surface area is 181 Å². The Morgan fingerprint density at radius 3 is 2.52 bits per heavy atom. The average molecular weight is 478 g/mol. The van der Waals surface area contributed by atoms with Crippen molar-refractivity contribution >= 4 is 50.1 Å². The van der Waals surface area contributed by atoms with Crippen molar-refractivity contribution in [2.75, 3.05) is 6.61 Å². The van der Waals surface area contributed by atoms with Gasteiger partial charge in [0.25, 0.3) is 11.8 Å². The fraction of sp³-hybridized carbons (Fsp3) is 0.143. The number of fused-ring (bicyclic) bond motifs is 1. The van der Waals surface area contributed by atoms with Gasteiger partial charge in [-0.05, 0) is 51.8 Å². The van der Waals surface area contributed by atoms with Gasteiger partial charge in [0.05, 0.1) is 9.50 Å². The minimum atomic E-state index is -0.856. The van der Waals surface area contributed by atoms with E-state index >= 15 is 0 Å². The van der Waals surface area contributed by atoms with Crippen LogP contribution in [-0.4, -0.2) is 24.5 Å². The van der Waals surface area contributed by atoms with Gasteiger partial charge in [-0.25, -0.2) is 0 Å². The third-order valence-electron chi connectivity index (χ3n) is 4.02. The van der Waals surface area contributed by atoms with Crippen LogP contribution >= 0.6 is 27.5 Å². The van der Waals surface area contributed by atoms with Crippen molar-refractivity contribution in [2.24, 2.45) is 0 Å². The van der Waals surface area contributed by atoms with Crippen LogP contribution in [0, 0.1) is 0 Å². The molecule has 2 N–H and O–H groups in total. The molecule has 0 fully saturated rings. The third kappa shape index (κ3) is 5.40. The maximum atomic E-state index is 12.1. The zero-order valence-corrected chi connectivity index (χ0v) is 17.8. The summed E-state index contributed by atoms with van der Waals surface area (Å²) in [5.74, 6) is -0.123. The van der Waals surface area contributed by atoms with Gasteiger partial charge in [0.2, 0.25) is 0 Å². The van der Waals surface area contributed by atoms with Gasteiger partial charge in [0, 0.05) is 0 Å². The second-order valence-corrected chi connectivity index (χ2v) is 7.32. The molecule has 3 rings (SSSR count). The number of halogens is 2. The number of ether oxygens (including phenoxy) is 2. The molecule has 0 saturated carbocycles. The molecular formula is C21H18BrClN2O4. The van der Waals surface area contributed by atoms with Crippen molar-refractivity contribution in [3.8, 4) is 11.5 Å². The summed E-state index contributed by atoms with van der Waals surface area (Å²) >= 11 is 9.50. The second kappa shape index (κ2) is 9.62. The molecule has 6 nitrogen and oxygen atoms in total. The van der Waals surface area contributed by atoms with Gasteiger partial charge in [0.15, 0.2) is 12.7 Å². The molecule has 0 heterocycles. The van der Waals surface area contributed by atoms with Gasteiger partial charge >= 0.3 is 0 Å². The lowest BCUT2D eigenvalue weighted by Gasteiger charge is -2.16. The van der Waals surface area contributed by atoms with E-state index < -0.39 is 17.9 Å². The standard InChI is InChI=1S/C21H18BrClN2O4/c1-13(29-17-9-5-4-8-16(17)23)21(27)25-24-19(26)12-28-18-11-10-14-6-2-3-7-15(14)20(18)22/h2-11,13H,12H2,1H3,(H,24,26)(H,25,27). The Balaban J connectivity index is 1.49. The molecule has 0 bridgehead atoms. The molecule has 29 heavy (non-hydrogen) atoms. The highest BCUT2D eigenvalue weighted by molar-refractivity contribution is 9.10. The summed E-state index contributed by atoms with van der Waals surface area (Å²) in [6, 6.07) is 18.3. The monoisotopic (exact) mass is 476 g/mol. The Kier molecular flexibility index (Phi) is 6.95. The fourth-order valence-corrected chi connectivity index (χ4v) is 3.31. The summed E-state index contributed by atoms with van der Waals surface area (Å²) in [7, 11) is 0. The summed E-state index contributed by atoms with van der Waals surface area (Å²) in [5.41, 5.74) is 4.60. The quantitative estimate of drug-likeness (QED) is 0.521. The Morgan fingerprint density at radius 2 is 1.72 bits per heavy atom. The van der Waals surface area contributed by atoms with Crippen molar-refractivity contribution < 1.29 is 19.1 Å². The highest BCUT2D eigenvalue weighted by atomic mass is 79.9. The summed E-state index contributed by atoms with van der Waals surface area (Å²) in [6.07, 6.45) is -0.856. The minimum Gasteiger partial charge on any atom is -0.483 e. The first-order valence-electron chi connectivity index (χ1n) is 8.75. The summed E-state index contributed by atoms with van der Waals surface area (Å²) in [4.78, 5) is 24.1. The van der Waals surface area contributed by atoms with Crippen molar-refractivity contribution in [3.63, 3.8) is 0 Å². The topological polar surface area (TPSA) is 76.7 Å². The number of carbonyl (C=O) groups is 2. The fourth-order valence-electron chi connectivity index (χ4n) is 2.52. The number of carbonyl (C=O) groups excluding carboxylic acids is 2. The van der Waals surface area contributed by atoms with E-state index in [1.807, 2.05) is 30.3 Å². The lowest BCUT2D eigenvalue weighted by Crippen LogP contribution is -2.48. The molecule has 3 aromatic rings. The molecule has 2 amide bonds. The van der Waals surface area contributed by atoms with Gasteiger partial charge in [0.1, 0.15) is 11.5 Å². The number of hydrogen-bond donors (Lipinski definition) is 2. The van der Waals surface area contributed by atoms with Crippen molar-refractivity contribution in [3.05, 3.63) is 70.2 Å². The molecule has 0 radical (unpaired) electrons. The van der Waals surface area contributed by atoms with Crippen LogP contribution in [0.4, 0.5) is 0 Å². The number of hydrazine groups is 1. The van der Waals surface area contributed by atoms with E-state index in [0.29, 0.717) is 16.5 Å². The molecule has 0 saturated heterocycles. The van der Waals surface area contributed by atoms with E-state index in [1.54, 1.807) is 37.3 Å². The Bertz CT molecular complexity index is 1040. The van der Waals surface area contributed by atoms with E-state index in [0.717, 1.165) is 15.2 Å². The molecule has 150 valence electrons. The molecule has 8 heteroatoms. The van der Waals surface area contributed by atoms with Crippen LogP contribution in [0.25, 0.3) is 10.8 Å². The van der Waals surface area contributed by atoms with Crippen LogP contribution in [-0.2, 0) is 9.59 Å². The van der Waals surface area contributed by atoms with Gasteiger partial charge in [-0.1, -0.05) is 54.1 Å². The van der Waals surface area contributed by atoms with E-state index in [-0.39, 0.29) is 6.61 Å². The smallest absolute Gasteiger partial charge is 0.279 e. The van der Waals surface area contributed by atoms with E-state index in [1.165, 1.54) is 0 Å². The highest BCUT2D eigenvalue weighted by Gasteiger charge is 2.17. The molecule has 0 aliphatic carbocycles. The van der Waals surface area contributed by atoms with Crippen molar-refractivity contribution in [2.45, 2.75) is 13.0 Å². The van der Waals surface area contributed by atoms with Gasteiger partial charge in [-0.3, -0.25) is 20.4 Å². The van der Waals surface area contributed by atoms with Crippen LogP contribution in [0.3, 0.4) is 0 Å². The normalized spacial score (nSPS) is 11.6. The lowest BCUT2D eigenvalue weighted by atomic mass is 10.1. The Morgan fingerprint density at radius 1 is 1.00 bits per heavy atom. The van der Waals surface area contributed by atoms with Crippen LogP contribution in [0.1, 0.15) is 6.92 Å². The predicted octanol–water partition coefficient (Wildman–Crippen LogP) is 4.25. The van der Waals surface area contributed by atoms with Gasteiger partial charge in [-0.2, -0.15) is 0 Å². The average Bonchev–Trinajstić information content (AvgIpc) is 2.73. The first-order valence-corrected chi connectivity index (χ1v) is 9.92. The van der Waals surface area contributed by atoms with Crippen molar-refractivity contribution in [1.82, 2.24) is 10.9 Å². The number of amides is 2. The highest BCUT2D eigenvalue weighted by Crippen LogP contribution is 2.32. The zero-order chi connectivity index (χ0) is 20.8. The zero-order valence-electron chi connectivity index (χ0n) is 15.4. The summed E-state index contributed by atoms with van der Waals surface area (Å²) in [5, 5.41) is 2.42. The minimum absolute atomic E-state index is 0.267. The van der Waals surface area contributed by atoms with Gasteiger partial charge in [-0.15, -0.1) is 0 Å². The molecule has 0 aliphatic heterocycles. The number of hydrogen-bond acceptors (Lipinski definition) is 4. The molecular weight excluding hydrogens is 460 g/mol. The first kappa shape index (κ1) is 21.0. The predicted molar refractivity (Wildman–Crippen MR) is 115 cm³/mol. The number of benzene rings is 3. The van der Waals surface area contributed by atoms with E-state index in [2.05, 4.69) is 26.8 Å². The van der Waals surface area contributed by atoms with Crippen LogP contribution in [0.2, 0.25) is 5.02 Å². The summed E-state index contributed by atoms with van der Waals surface area (Å²) < 4.78 is 11.8. The van der Waals surface area contributed by atoms with Crippen molar-refractivity contribution in [1.29, 1.82) is 0 Å². The molecule has 1 unspecified atom stereocenters. The number of para-hydroxylation sites is 1. The van der Waals surface area contributed by atoms with E-state index in [9.17, 15) is 9.59 Å². The molecule has 3 aromatic carbocycles. The largest absolute Gasteiger partial charge is 0.483 e.